The number of carbonyl (C=O) groups is 1. The summed E-state index contributed by atoms with van der Waals surface area (Å²) in [7, 11) is 7.23. The topological polar surface area (TPSA) is 114 Å². The summed E-state index contributed by atoms with van der Waals surface area (Å²) in [6, 6.07) is 6.24. The minimum absolute atomic E-state index is 0.0131. The molecule has 0 aliphatic rings. The van der Waals surface area contributed by atoms with Gasteiger partial charge in [-0.25, -0.2) is 4.79 Å². The van der Waals surface area contributed by atoms with Crippen LogP contribution in [0.15, 0.2) is 38.6 Å². The molecular formula is C20H22N4O6. The molecule has 3 aromatic rings. The average molecular weight is 414 g/mol. The molecule has 0 aliphatic heterocycles. The van der Waals surface area contributed by atoms with Gasteiger partial charge in [-0.1, -0.05) is 0 Å². The molecule has 1 N–H and O–H groups in total. The molecule has 0 saturated heterocycles. The quantitative estimate of drug-likeness (QED) is 0.623. The van der Waals surface area contributed by atoms with Gasteiger partial charge in [0.2, 0.25) is 0 Å². The third kappa shape index (κ3) is 3.36. The van der Waals surface area contributed by atoms with Gasteiger partial charge in [0.1, 0.15) is 17.1 Å². The van der Waals surface area contributed by atoms with E-state index in [9.17, 15) is 19.2 Å². The van der Waals surface area contributed by atoms with Gasteiger partial charge in [0, 0.05) is 45.4 Å². The number of benzene rings is 1. The van der Waals surface area contributed by atoms with Gasteiger partial charge in [0.05, 0.1) is 25.2 Å². The van der Waals surface area contributed by atoms with E-state index in [0.29, 0.717) is 17.1 Å². The number of pyridine rings is 1. The van der Waals surface area contributed by atoms with Crippen LogP contribution in [0.3, 0.4) is 0 Å². The van der Waals surface area contributed by atoms with Gasteiger partial charge in [-0.3, -0.25) is 28.1 Å². The summed E-state index contributed by atoms with van der Waals surface area (Å²) in [5.74, 6) is 0.497. The van der Waals surface area contributed by atoms with Crippen LogP contribution in [0.5, 0.6) is 11.5 Å². The van der Waals surface area contributed by atoms with Gasteiger partial charge in [0.15, 0.2) is 0 Å². The number of amides is 1. The van der Waals surface area contributed by atoms with Crippen molar-refractivity contribution >= 4 is 16.9 Å². The molecule has 2 heterocycles. The first-order valence-corrected chi connectivity index (χ1v) is 9.00. The predicted molar refractivity (Wildman–Crippen MR) is 110 cm³/mol. The van der Waals surface area contributed by atoms with E-state index in [1.165, 1.54) is 44.5 Å². The fourth-order valence-electron chi connectivity index (χ4n) is 3.31. The van der Waals surface area contributed by atoms with Gasteiger partial charge in [-0.2, -0.15) is 0 Å². The van der Waals surface area contributed by atoms with E-state index >= 15 is 0 Å². The van der Waals surface area contributed by atoms with Crippen LogP contribution in [0, 0.1) is 0 Å². The first kappa shape index (κ1) is 20.9. The number of carbonyl (C=O) groups excluding carboxylic acids is 1. The Morgan fingerprint density at radius 2 is 1.67 bits per heavy atom. The summed E-state index contributed by atoms with van der Waals surface area (Å²) in [5.41, 5.74) is -1.11. The van der Waals surface area contributed by atoms with Crippen LogP contribution >= 0.6 is 0 Å². The van der Waals surface area contributed by atoms with Crippen LogP contribution in [-0.2, 0) is 27.7 Å². The van der Waals surface area contributed by atoms with Gasteiger partial charge in [0.25, 0.3) is 17.0 Å². The monoisotopic (exact) mass is 414 g/mol. The summed E-state index contributed by atoms with van der Waals surface area (Å²) in [6.07, 6.45) is 0. The Labute approximate surface area is 170 Å². The molecule has 0 bridgehead atoms. The number of rotatable bonds is 5. The van der Waals surface area contributed by atoms with E-state index in [-0.39, 0.29) is 23.1 Å². The maximum absolute atomic E-state index is 12.9. The Kier molecular flexibility index (Phi) is 5.50. The number of methoxy groups -OCH3 is 2. The number of hydrogen-bond donors (Lipinski definition) is 1. The van der Waals surface area contributed by atoms with E-state index in [2.05, 4.69) is 5.32 Å². The molecule has 1 aromatic carbocycles. The lowest BCUT2D eigenvalue weighted by Gasteiger charge is -2.15. The fourth-order valence-corrected chi connectivity index (χ4v) is 3.31. The minimum atomic E-state index is -0.657. The molecule has 0 spiro atoms. The maximum Gasteiger partial charge on any atom is 0.332 e. The summed E-state index contributed by atoms with van der Waals surface area (Å²) in [4.78, 5) is 50.3. The molecular weight excluding hydrogens is 392 g/mol. The van der Waals surface area contributed by atoms with Crippen molar-refractivity contribution in [3.63, 3.8) is 0 Å². The lowest BCUT2D eigenvalue weighted by atomic mass is 10.1. The molecule has 158 valence electrons. The van der Waals surface area contributed by atoms with Crippen LogP contribution in [0.25, 0.3) is 11.0 Å². The lowest BCUT2D eigenvalue weighted by Crippen LogP contribution is -2.41. The molecule has 10 heteroatoms. The molecule has 0 unspecified atom stereocenters. The highest BCUT2D eigenvalue weighted by Gasteiger charge is 2.21. The van der Waals surface area contributed by atoms with Crippen molar-refractivity contribution in [2.45, 2.75) is 6.54 Å². The second kappa shape index (κ2) is 7.90. The van der Waals surface area contributed by atoms with Crippen LogP contribution < -0.4 is 31.6 Å². The van der Waals surface area contributed by atoms with Crippen LogP contribution in [0.2, 0.25) is 0 Å². The average Bonchev–Trinajstić information content (AvgIpc) is 2.75. The van der Waals surface area contributed by atoms with Crippen LogP contribution in [0.4, 0.5) is 0 Å². The van der Waals surface area contributed by atoms with Crippen molar-refractivity contribution in [1.29, 1.82) is 0 Å². The number of nitrogens with one attached hydrogen (secondary N) is 1. The van der Waals surface area contributed by atoms with Crippen molar-refractivity contribution in [1.82, 2.24) is 19.0 Å². The number of aryl methyl sites for hydroxylation is 2. The molecule has 0 aliphatic carbocycles. The molecule has 30 heavy (non-hydrogen) atoms. The largest absolute Gasteiger partial charge is 0.497 e. The zero-order valence-corrected chi connectivity index (χ0v) is 17.3. The second-order valence-corrected chi connectivity index (χ2v) is 6.72. The number of nitrogens with zero attached hydrogens (tertiary/aromatic N) is 3. The summed E-state index contributed by atoms with van der Waals surface area (Å²) >= 11 is 0. The minimum Gasteiger partial charge on any atom is -0.497 e. The molecule has 0 radical (unpaired) electrons. The SMILES string of the molecule is COc1ccc(CNC(=O)c2cc(=O)n(C)c3c2c(=O)n(C)c(=O)n3C)c(OC)c1. The van der Waals surface area contributed by atoms with E-state index in [0.717, 1.165) is 10.6 Å². The Morgan fingerprint density at radius 1 is 0.967 bits per heavy atom. The molecule has 3 rings (SSSR count). The van der Waals surface area contributed by atoms with Crippen molar-refractivity contribution in [3.8, 4) is 11.5 Å². The molecule has 1 amide bonds. The normalized spacial score (nSPS) is 10.8. The first-order chi connectivity index (χ1) is 14.2. The fraction of sp³-hybridized carbons (Fsp3) is 0.300. The Hall–Kier alpha value is -3.82. The lowest BCUT2D eigenvalue weighted by molar-refractivity contribution is 0.0952. The molecule has 10 nitrogen and oxygen atoms in total. The van der Waals surface area contributed by atoms with E-state index in [1.807, 2.05) is 0 Å². The third-order valence-electron chi connectivity index (χ3n) is 5.00. The van der Waals surface area contributed by atoms with Gasteiger partial charge < -0.3 is 14.8 Å². The van der Waals surface area contributed by atoms with Crippen molar-refractivity contribution in [2.75, 3.05) is 14.2 Å². The second-order valence-electron chi connectivity index (χ2n) is 6.72. The van der Waals surface area contributed by atoms with Crippen LogP contribution in [0.1, 0.15) is 15.9 Å². The van der Waals surface area contributed by atoms with Crippen LogP contribution in [-0.4, -0.2) is 33.8 Å². The molecule has 0 fully saturated rings. The number of fused-ring (bicyclic) bond motifs is 1. The number of aromatic nitrogens is 3. The van der Waals surface area contributed by atoms with Gasteiger partial charge >= 0.3 is 5.69 Å². The summed E-state index contributed by atoms with van der Waals surface area (Å²) in [6.45, 7) is 0.0920. The van der Waals surface area contributed by atoms with E-state index in [1.54, 1.807) is 18.2 Å². The van der Waals surface area contributed by atoms with Crippen molar-refractivity contribution in [3.05, 3.63) is 66.6 Å². The number of ether oxygens (including phenoxy) is 2. The highest BCUT2D eigenvalue weighted by molar-refractivity contribution is 6.05. The van der Waals surface area contributed by atoms with Crippen molar-refractivity contribution in [2.24, 2.45) is 21.1 Å². The molecule has 2 aromatic heterocycles. The first-order valence-electron chi connectivity index (χ1n) is 9.00. The Balaban J connectivity index is 2.09. The Bertz CT molecular complexity index is 1330. The van der Waals surface area contributed by atoms with E-state index in [4.69, 9.17) is 9.47 Å². The molecule has 0 atom stereocenters. The summed E-state index contributed by atoms with van der Waals surface area (Å²) < 4.78 is 13.7. The predicted octanol–water partition coefficient (Wildman–Crippen LogP) is -0.117. The third-order valence-corrected chi connectivity index (χ3v) is 5.00. The van der Waals surface area contributed by atoms with Crippen molar-refractivity contribution < 1.29 is 14.3 Å². The number of hydrogen-bond acceptors (Lipinski definition) is 6. The maximum atomic E-state index is 12.9. The standard InChI is InChI=1S/C20H22N4O6/c1-22-15(25)9-13(16-18(22)23(2)20(28)24(3)19(16)27)17(26)21-10-11-6-7-12(29-4)8-14(11)30-5/h6-9H,10H2,1-5H3,(H,21,26). The summed E-state index contributed by atoms with van der Waals surface area (Å²) in [5, 5.41) is 2.69. The van der Waals surface area contributed by atoms with Gasteiger partial charge in [-0.05, 0) is 12.1 Å². The highest BCUT2D eigenvalue weighted by Crippen LogP contribution is 2.24. The molecule has 0 saturated carbocycles. The zero-order valence-electron chi connectivity index (χ0n) is 17.3. The smallest absolute Gasteiger partial charge is 0.332 e. The van der Waals surface area contributed by atoms with Gasteiger partial charge in [-0.15, -0.1) is 0 Å². The van der Waals surface area contributed by atoms with E-state index < -0.39 is 22.7 Å². The highest BCUT2D eigenvalue weighted by atomic mass is 16.5. The Morgan fingerprint density at radius 3 is 2.30 bits per heavy atom. The zero-order chi connectivity index (χ0) is 22.2.